The summed E-state index contributed by atoms with van der Waals surface area (Å²) >= 11 is 1.36. The van der Waals surface area contributed by atoms with E-state index < -0.39 is 0 Å². The van der Waals surface area contributed by atoms with Gasteiger partial charge in [0.1, 0.15) is 11.5 Å². The molecular weight excluding hydrogens is 448 g/mol. The SMILES string of the molecule is CCOc1ccc(NC(=O)CSc2nnc(-c3ccc(OC)cc3)n2Cc2ccccc2)cc1. The fourth-order valence-electron chi connectivity index (χ4n) is 3.39. The van der Waals surface area contributed by atoms with Gasteiger partial charge in [-0.2, -0.15) is 0 Å². The van der Waals surface area contributed by atoms with Gasteiger partial charge < -0.3 is 14.8 Å². The Kier molecular flexibility index (Phi) is 7.83. The fraction of sp³-hybridized carbons (Fsp3) is 0.192. The number of benzene rings is 3. The molecular formula is C26H26N4O3S. The Hall–Kier alpha value is -3.78. The predicted molar refractivity (Wildman–Crippen MR) is 135 cm³/mol. The summed E-state index contributed by atoms with van der Waals surface area (Å²) in [6.07, 6.45) is 0. The van der Waals surface area contributed by atoms with Crippen LogP contribution in [0.15, 0.2) is 84.0 Å². The molecule has 0 aliphatic carbocycles. The molecule has 3 aromatic carbocycles. The number of carbonyl (C=O) groups is 1. The van der Waals surface area contributed by atoms with Crippen molar-refractivity contribution in [3.63, 3.8) is 0 Å². The summed E-state index contributed by atoms with van der Waals surface area (Å²) < 4.78 is 12.7. The summed E-state index contributed by atoms with van der Waals surface area (Å²) in [5, 5.41) is 12.4. The minimum absolute atomic E-state index is 0.116. The lowest BCUT2D eigenvalue weighted by atomic mass is 10.2. The van der Waals surface area contributed by atoms with Gasteiger partial charge in [-0.1, -0.05) is 42.1 Å². The maximum absolute atomic E-state index is 12.6. The lowest BCUT2D eigenvalue weighted by molar-refractivity contribution is -0.113. The van der Waals surface area contributed by atoms with Crippen molar-refractivity contribution in [2.75, 3.05) is 24.8 Å². The van der Waals surface area contributed by atoms with Gasteiger partial charge in [-0.05, 0) is 61.0 Å². The number of amides is 1. The monoisotopic (exact) mass is 474 g/mol. The minimum Gasteiger partial charge on any atom is -0.497 e. The number of anilines is 1. The maximum Gasteiger partial charge on any atom is 0.234 e. The average Bonchev–Trinajstić information content (AvgIpc) is 3.27. The van der Waals surface area contributed by atoms with Crippen molar-refractivity contribution in [2.45, 2.75) is 18.6 Å². The van der Waals surface area contributed by atoms with Crippen LogP contribution in [0.25, 0.3) is 11.4 Å². The molecule has 7 nitrogen and oxygen atoms in total. The molecule has 0 radical (unpaired) electrons. The number of methoxy groups -OCH3 is 1. The molecule has 8 heteroatoms. The van der Waals surface area contributed by atoms with Crippen molar-refractivity contribution in [3.05, 3.63) is 84.4 Å². The summed E-state index contributed by atoms with van der Waals surface area (Å²) in [5.41, 5.74) is 2.77. The van der Waals surface area contributed by atoms with Crippen LogP contribution in [0.5, 0.6) is 11.5 Å². The molecule has 4 rings (SSSR count). The van der Waals surface area contributed by atoms with Gasteiger partial charge in [-0.15, -0.1) is 10.2 Å². The van der Waals surface area contributed by atoms with Crippen LogP contribution >= 0.6 is 11.8 Å². The molecule has 4 aromatic rings. The van der Waals surface area contributed by atoms with Crippen LogP contribution < -0.4 is 14.8 Å². The van der Waals surface area contributed by atoms with Crippen LogP contribution in [0.2, 0.25) is 0 Å². The van der Waals surface area contributed by atoms with Gasteiger partial charge in [0.25, 0.3) is 0 Å². The van der Waals surface area contributed by atoms with E-state index in [2.05, 4.69) is 27.6 Å². The molecule has 0 unspecified atom stereocenters. The lowest BCUT2D eigenvalue weighted by Crippen LogP contribution is -2.14. The highest BCUT2D eigenvalue weighted by molar-refractivity contribution is 7.99. The highest BCUT2D eigenvalue weighted by Crippen LogP contribution is 2.27. The molecule has 1 heterocycles. The molecule has 0 saturated heterocycles. The number of hydrogen-bond acceptors (Lipinski definition) is 6. The smallest absolute Gasteiger partial charge is 0.234 e. The molecule has 0 bridgehead atoms. The molecule has 1 aromatic heterocycles. The van der Waals surface area contributed by atoms with E-state index in [4.69, 9.17) is 9.47 Å². The highest BCUT2D eigenvalue weighted by Gasteiger charge is 2.16. The van der Waals surface area contributed by atoms with Crippen molar-refractivity contribution in [2.24, 2.45) is 0 Å². The number of ether oxygens (including phenoxy) is 2. The number of carbonyl (C=O) groups excluding carboxylic acids is 1. The number of aromatic nitrogens is 3. The van der Waals surface area contributed by atoms with Crippen molar-refractivity contribution in [3.8, 4) is 22.9 Å². The molecule has 0 saturated carbocycles. The topological polar surface area (TPSA) is 78.3 Å². The van der Waals surface area contributed by atoms with Gasteiger partial charge in [0, 0.05) is 11.3 Å². The van der Waals surface area contributed by atoms with Crippen LogP contribution in [0.3, 0.4) is 0 Å². The van der Waals surface area contributed by atoms with Gasteiger partial charge in [0.05, 0.1) is 26.0 Å². The molecule has 174 valence electrons. The van der Waals surface area contributed by atoms with Gasteiger partial charge in [-0.3, -0.25) is 9.36 Å². The first-order valence-corrected chi connectivity index (χ1v) is 11.9. The van der Waals surface area contributed by atoms with E-state index >= 15 is 0 Å². The zero-order valence-electron chi connectivity index (χ0n) is 19.1. The zero-order chi connectivity index (χ0) is 23.8. The molecule has 0 aliphatic heterocycles. The quantitative estimate of drug-likeness (QED) is 0.321. The third-order valence-electron chi connectivity index (χ3n) is 5.03. The van der Waals surface area contributed by atoms with E-state index in [-0.39, 0.29) is 11.7 Å². The summed E-state index contributed by atoms with van der Waals surface area (Å²) in [6, 6.07) is 25.1. The summed E-state index contributed by atoms with van der Waals surface area (Å²) in [4.78, 5) is 12.6. The molecule has 0 spiro atoms. The molecule has 1 amide bonds. The first-order chi connectivity index (χ1) is 16.7. The van der Waals surface area contributed by atoms with Crippen LogP contribution in [0, 0.1) is 0 Å². The van der Waals surface area contributed by atoms with Crippen LogP contribution in [-0.4, -0.2) is 40.1 Å². The number of nitrogens with zero attached hydrogens (tertiary/aromatic N) is 3. The maximum atomic E-state index is 12.6. The van der Waals surface area contributed by atoms with Gasteiger partial charge in [0.2, 0.25) is 5.91 Å². The number of hydrogen-bond donors (Lipinski definition) is 1. The average molecular weight is 475 g/mol. The Labute approximate surface area is 203 Å². The number of nitrogens with one attached hydrogen (secondary N) is 1. The van der Waals surface area contributed by atoms with E-state index in [1.54, 1.807) is 7.11 Å². The second kappa shape index (κ2) is 11.4. The Bertz CT molecular complexity index is 1210. The van der Waals surface area contributed by atoms with E-state index in [1.165, 1.54) is 11.8 Å². The van der Waals surface area contributed by atoms with Crippen LogP contribution in [0.1, 0.15) is 12.5 Å². The molecule has 0 atom stereocenters. The third kappa shape index (κ3) is 5.96. The second-order valence-corrected chi connectivity index (χ2v) is 8.34. The summed E-state index contributed by atoms with van der Waals surface area (Å²) in [7, 11) is 1.64. The summed E-state index contributed by atoms with van der Waals surface area (Å²) in [6.45, 7) is 3.13. The third-order valence-corrected chi connectivity index (χ3v) is 6.00. The normalized spacial score (nSPS) is 10.6. The van der Waals surface area contributed by atoms with E-state index in [0.717, 1.165) is 34.1 Å². The van der Waals surface area contributed by atoms with Crippen LogP contribution in [0.4, 0.5) is 5.69 Å². The Morgan fingerprint density at radius 1 is 0.941 bits per heavy atom. The zero-order valence-corrected chi connectivity index (χ0v) is 19.9. The van der Waals surface area contributed by atoms with Crippen molar-refractivity contribution in [1.29, 1.82) is 0 Å². The Morgan fingerprint density at radius 2 is 1.65 bits per heavy atom. The van der Waals surface area contributed by atoms with Crippen molar-refractivity contribution in [1.82, 2.24) is 14.8 Å². The Balaban J connectivity index is 1.49. The number of rotatable bonds is 10. The second-order valence-electron chi connectivity index (χ2n) is 7.40. The van der Waals surface area contributed by atoms with Crippen LogP contribution in [-0.2, 0) is 11.3 Å². The minimum atomic E-state index is -0.116. The number of thioether (sulfide) groups is 1. The van der Waals surface area contributed by atoms with E-state index in [0.29, 0.717) is 18.3 Å². The molecule has 34 heavy (non-hydrogen) atoms. The Morgan fingerprint density at radius 3 is 2.32 bits per heavy atom. The first kappa shape index (κ1) is 23.4. The summed E-state index contributed by atoms with van der Waals surface area (Å²) in [5.74, 6) is 2.38. The van der Waals surface area contributed by atoms with Gasteiger partial charge in [0.15, 0.2) is 11.0 Å². The predicted octanol–water partition coefficient (Wildman–Crippen LogP) is 5.13. The van der Waals surface area contributed by atoms with Gasteiger partial charge >= 0.3 is 0 Å². The van der Waals surface area contributed by atoms with Crippen molar-refractivity contribution < 1.29 is 14.3 Å². The van der Waals surface area contributed by atoms with Crippen molar-refractivity contribution >= 4 is 23.4 Å². The molecule has 0 fully saturated rings. The van der Waals surface area contributed by atoms with E-state index in [1.807, 2.05) is 78.2 Å². The lowest BCUT2D eigenvalue weighted by Gasteiger charge is -2.11. The molecule has 1 N–H and O–H groups in total. The largest absolute Gasteiger partial charge is 0.497 e. The molecule has 0 aliphatic rings. The fourth-order valence-corrected chi connectivity index (χ4v) is 4.12. The van der Waals surface area contributed by atoms with Gasteiger partial charge in [-0.25, -0.2) is 0 Å². The highest BCUT2D eigenvalue weighted by atomic mass is 32.2. The van der Waals surface area contributed by atoms with E-state index in [9.17, 15) is 4.79 Å². The standard InChI is InChI=1S/C26H26N4O3S/c1-3-33-23-15-11-21(12-16-23)27-24(31)18-34-26-29-28-25(20-9-13-22(32-2)14-10-20)30(26)17-19-7-5-4-6-8-19/h4-16H,3,17-18H2,1-2H3,(H,27,31). The first-order valence-electron chi connectivity index (χ1n) is 10.9.